The highest BCUT2D eigenvalue weighted by atomic mass is 35.5. The van der Waals surface area contributed by atoms with E-state index in [-0.39, 0.29) is 0 Å². The maximum atomic E-state index is 6.44. The molecule has 3 rings (SSSR count). The summed E-state index contributed by atoms with van der Waals surface area (Å²) in [5.74, 6) is 0. The summed E-state index contributed by atoms with van der Waals surface area (Å²) in [6, 6.07) is 15.1. The van der Waals surface area contributed by atoms with Crippen LogP contribution < -0.4 is 5.01 Å². The Labute approximate surface area is 199 Å². The molecule has 0 atom stereocenters. The Balaban J connectivity index is 2.02. The molecule has 4 nitrogen and oxygen atoms in total. The number of hydrogen-bond acceptors (Lipinski definition) is 3. The van der Waals surface area contributed by atoms with E-state index in [1.807, 2.05) is 6.07 Å². The summed E-state index contributed by atoms with van der Waals surface area (Å²) in [5.41, 5.74) is 4.95. The molecular weight excluding hydrogens is 416 g/mol. The zero-order valence-corrected chi connectivity index (χ0v) is 21.2. The fraction of sp³-hybridized carbons (Fsp3) is 0.481. The number of aromatic nitrogens is 1. The van der Waals surface area contributed by atoms with Crippen LogP contribution >= 0.6 is 11.6 Å². The van der Waals surface area contributed by atoms with Crippen LogP contribution in [0.2, 0.25) is 5.02 Å². The lowest BCUT2D eigenvalue weighted by molar-refractivity contribution is 0.282. The van der Waals surface area contributed by atoms with Crippen molar-refractivity contribution >= 4 is 22.5 Å². The largest absolute Gasteiger partial charge is 0.310 e. The van der Waals surface area contributed by atoms with Crippen LogP contribution in [-0.4, -0.2) is 66.8 Å². The van der Waals surface area contributed by atoms with Gasteiger partial charge in [-0.1, -0.05) is 69.1 Å². The van der Waals surface area contributed by atoms with Crippen molar-refractivity contribution in [3.63, 3.8) is 0 Å². The second kappa shape index (κ2) is 11.7. The molecule has 3 aromatic rings. The first-order valence-electron chi connectivity index (χ1n) is 12.1. The van der Waals surface area contributed by atoms with Crippen LogP contribution in [0.3, 0.4) is 0 Å². The molecule has 2 aromatic carbocycles. The molecule has 0 saturated heterocycles. The number of likely N-dealkylation sites (N-methyl/N-ethyl adjacent to an activating group) is 2. The molecule has 174 valence electrons. The number of benzene rings is 2. The summed E-state index contributed by atoms with van der Waals surface area (Å²) >= 11 is 6.44. The Morgan fingerprint density at radius 2 is 1.31 bits per heavy atom. The van der Waals surface area contributed by atoms with E-state index >= 15 is 0 Å². The summed E-state index contributed by atoms with van der Waals surface area (Å²) in [4.78, 5) is 4.99. The fourth-order valence-electron chi connectivity index (χ4n) is 4.30. The molecule has 0 saturated carbocycles. The molecule has 0 aliphatic heterocycles. The van der Waals surface area contributed by atoms with E-state index in [4.69, 9.17) is 11.6 Å². The number of halogens is 1. The van der Waals surface area contributed by atoms with Crippen LogP contribution in [0.15, 0.2) is 48.7 Å². The van der Waals surface area contributed by atoms with Crippen molar-refractivity contribution in [1.29, 1.82) is 0 Å². The van der Waals surface area contributed by atoms with Gasteiger partial charge in [0.25, 0.3) is 0 Å². The smallest absolute Gasteiger partial charge is 0.0702 e. The van der Waals surface area contributed by atoms with E-state index < -0.39 is 0 Å². The van der Waals surface area contributed by atoms with Crippen molar-refractivity contribution in [3.8, 4) is 11.1 Å². The monoisotopic (exact) mass is 454 g/mol. The average molecular weight is 455 g/mol. The van der Waals surface area contributed by atoms with Gasteiger partial charge in [-0.15, -0.1) is 0 Å². The second-order valence-corrected chi connectivity index (χ2v) is 8.86. The van der Waals surface area contributed by atoms with E-state index in [0.717, 1.165) is 57.4 Å². The van der Waals surface area contributed by atoms with Gasteiger partial charge in [-0.3, -0.25) is 4.68 Å². The molecule has 0 N–H and O–H groups in total. The summed E-state index contributed by atoms with van der Waals surface area (Å²) in [5, 5.41) is 4.49. The number of rotatable bonds is 12. The minimum atomic E-state index is 0.779. The van der Waals surface area contributed by atoms with Gasteiger partial charge in [0.15, 0.2) is 0 Å². The van der Waals surface area contributed by atoms with Gasteiger partial charge in [0.1, 0.15) is 0 Å². The van der Waals surface area contributed by atoms with E-state index in [9.17, 15) is 0 Å². The van der Waals surface area contributed by atoms with Crippen molar-refractivity contribution in [1.82, 2.24) is 14.5 Å². The summed E-state index contributed by atoms with van der Waals surface area (Å²) in [6.07, 6.45) is 2.30. The first-order chi connectivity index (χ1) is 15.5. The van der Waals surface area contributed by atoms with Crippen LogP contribution in [0.25, 0.3) is 22.0 Å². The van der Waals surface area contributed by atoms with Crippen molar-refractivity contribution < 1.29 is 0 Å². The van der Waals surface area contributed by atoms with E-state index in [1.54, 1.807) is 0 Å². The number of hydrogen-bond donors (Lipinski definition) is 0. The molecule has 1 heterocycles. The normalized spacial score (nSPS) is 11.8. The van der Waals surface area contributed by atoms with E-state index in [1.165, 1.54) is 27.6 Å². The van der Waals surface area contributed by atoms with Crippen molar-refractivity contribution in [2.24, 2.45) is 0 Å². The Morgan fingerprint density at radius 3 is 1.84 bits per heavy atom. The predicted octanol–water partition coefficient (Wildman–Crippen LogP) is 5.89. The molecule has 5 heteroatoms. The average Bonchev–Trinajstić information content (AvgIpc) is 3.17. The number of nitrogens with zero attached hydrogens (tertiary/aromatic N) is 4. The first kappa shape index (κ1) is 24.6. The lowest BCUT2D eigenvalue weighted by atomic mass is 10.0. The van der Waals surface area contributed by atoms with E-state index in [2.05, 4.69) is 96.7 Å². The Kier molecular flexibility index (Phi) is 9.03. The van der Waals surface area contributed by atoms with Gasteiger partial charge >= 0.3 is 0 Å². The fourth-order valence-corrected chi connectivity index (χ4v) is 4.48. The molecule has 0 bridgehead atoms. The molecule has 0 aliphatic rings. The lowest BCUT2D eigenvalue weighted by Crippen LogP contribution is -2.45. The summed E-state index contributed by atoms with van der Waals surface area (Å²) < 4.78 is 2.37. The standard InChI is InChI=1S/C27H39ClN4/c1-6-29(7-2)16-18-31(19-17-30(8-3)9-4)32-21-26(23-12-10-22(5)11-13-23)25-20-24(28)14-15-27(25)32/h10-15,20-21H,6-9,16-19H2,1-5H3. The number of fused-ring (bicyclic) bond motifs is 1. The third kappa shape index (κ3) is 5.86. The SMILES string of the molecule is CCN(CC)CCN(CCN(CC)CC)n1cc(-c2ccc(C)cc2)c2cc(Cl)ccc21. The quantitative estimate of drug-likeness (QED) is 0.339. The van der Waals surface area contributed by atoms with Crippen LogP contribution in [0, 0.1) is 6.92 Å². The maximum absolute atomic E-state index is 6.44. The summed E-state index contributed by atoms with van der Waals surface area (Å²) in [6.45, 7) is 19.5. The van der Waals surface area contributed by atoms with E-state index in [0.29, 0.717) is 0 Å². The topological polar surface area (TPSA) is 14.7 Å². The third-order valence-electron chi connectivity index (χ3n) is 6.55. The van der Waals surface area contributed by atoms with Gasteiger partial charge in [0, 0.05) is 48.3 Å². The Hall–Kier alpha value is -2.01. The van der Waals surface area contributed by atoms with Gasteiger partial charge in [0.2, 0.25) is 0 Å². The third-order valence-corrected chi connectivity index (χ3v) is 6.79. The van der Waals surface area contributed by atoms with Gasteiger partial charge in [-0.25, -0.2) is 0 Å². The van der Waals surface area contributed by atoms with Crippen molar-refractivity contribution in [3.05, 3.63) is 59.2 Å². The van der Waals surface area contributed by atoms with Gasteiger partial charge in [-0.2, -0.15) is 0 Å². The molecular formula is C27H39ClN4. The van der Waals surface area contributed by atoms with Crippen LogP contribution in [-0.2, 0) is 0 Å². The molecule has 0 amide bonds. The Morgan fingerprint density at radius 1 is 0.750 bits per heavy atom. The zero-order valence-electron chi connectivity index (χ0n) is 20.4. The molecule has 0 radical (unpaired) electrons. The van der Waals surface area contributed by atoms with Crippen LogP contribution in [0.1, 0.15) is 33.3 Å². The molecule has 1 aromatic heterocycles. The lowest BCUT2D eigenvalue weighted by Gasteiger charge is -2.31. The highest BCUT2D eigenvalue weighted by Gasteiger charge is 2.17. The number of aryl methyl sites for hydroxylation is 1. The molecule has 0 aliphatic carbocycles. The predicted molar refractivity (Wildman–Crippen MR) is 141 cm³/mol. The minimum absolute atomic E-state index is 0.779. The Bertz CT molecular complexity index is 955. The van der Waals surface area contributed by atoms with Crippen molar-refractivity contribution in [2.45, 2.75) is 34.6 Å². The van der Waals surface area contributed by atoms with Crippen LogP contribution in [0.5, 0.6) is 0 Å². The zero-order chi connectivity index (χ0) is 23.1. The molecule has 0 fully saturated rings. The van der Waals surface area contributed by atoms with Gasteiger partial charge < -0.3 is 14.8 Å². The van der Waals surface area contributed by atoms with Crippen molar-refractivity contribution in [2.75, 3.05) is 57.4 Å². The molecule has 32 heavy (non-hydrogen) atoms. The first-order valence-corrected chi connectivity index (χ1v) is 12.5. The maximum Gasteiger partial charge on any atom is 0.0702 e. The molecule has 0 spiro atoms. The highest BCUT2D eigenvalue weighted by molar-refractivity contribution is 6.31. The van der Waals surface area contributed by atoms with Gasteiger partial charge in [-0.05, 0) is 56.9 Å². The van der Waals surface area contributed by atoms with Gasteiger partial charge in [0.05, 0.1) is 5.52 Å². The second-order valence-electron chi connectivity index (χ2n) is 8.42. The summed E-state index contributed by atoms with van der Waals surface area (Å²) in [7, 11) is 0. The minimum Gasteiger partial charge on any atom is -0.310 e. The van der Waals surface area contributed by atoms with Crippen LogP contribution in [0.4, 0.5) is 0 Å². The highest BCUT2D eigenvalue weighted by Crippen LogP contribution is 2.33. The molecule has 0 unspecified atom stereocenters.